The number of nitrogens with zero attached hydrogens (tertiary/aromatic N) is 2. The van der Waals surface area contributed by atoms with E-state index in [1.54, 1.807) is 7.11 Å². The Bertz CT molecular complexity index is 1040. The third-order valence-electron chi connectivity index (χ3n) is 7.84. The van der Waals surface area contributed by atoms with E-state index >= 15 is 0 Å². The van der Waals surface area contributed by atoms with Crippen LogP contribution in [0.2, 0.25) is 0 Å². The molecule has 176 valence electrons. The normalized spacial score (nSPS) is 27.8. The molecule has 2 aliphatic heterocycles. The lowest BCUT2D eigenvalue weighted by molar-refractivity contribution is 0.0323. The Hall–Kier alpha value is -2.22. The van der Waals surface area contributed by atoms with Gasteiger partial charge in [-0.05, 0) is 67.7 Å². The molecule has 4 atom stereocenters. The first-order valence-corrected chi connectivity index (χ1v) is 12.5. The van der Waals surface area contributed by atoms with Crippen molar-refractivity contribution < 1.29 is 19.3 Å². The SMILES string of the molecule is COCOc1c(-c2nnc(N[C@@H]3CCCC[C@H]3O)c3c2C[C@H]2CC[C@@H]3O2)ccc2c1CCC2. The molecule has 7 heteroatoms. The first-order valence-electron chi connectivity index (χ1n) is 12.5. The number of methoxy groups -OCH3 is 1. The standard InChI is InChI=1S/C26H33N3O4/c1-31-14-32-25-17-6-4-5-15(17)9-11-18(25)24-19-13-16-10-12-22(33-16)23(19)26(29-28-24)27-20-7-2-3-8-21(20)30/h9,11,16,20-22,30H,2-8,10,12-14H2,1H3,(H,27,29)/t16-,20-,21-,22+/m1/s1. The van der Waals surface area contributed by atoms with Crippen LogP contribution in [0, 0.1) is 0 Å². The van der Waals surface area contributed by atoms with Crippen LogP contribution in [0.4, 0.5) is 5.82 Å². The fraction of sp³-hybridized carbons (Fsp3) is 0.615. The molecule has 33 heavy (non-hydrogen) atoms. The van der Waals surface area contributed by atoms with Crippen LogP contribution in [0.5, 0.6) is 5.75 Å². The molecule has 1 saturated heterocycles. The average Bonchev–Trinajstić information content (AvgIpc) is 3.46. The van der Waals surface area contributed by atoms with E-state index in [0.717, 1.165) is 92.6 Å². The third-order valence-corrected chi connectivity index (χ3v) is 7.84. The Labute approximate surface area is 194 Å². The summed E-state index contributed by atoms with van der Waals surface area (Å²) in [7, 11) is 1.65. The molecule has 1 aromatic heterocycles. The van der Waals surface area contributed by atoms with Gasteiger partial charge in [0.05, 0.1) is 24.4 Å². The summed E-state index contributed by atoms with van der Waals surface area (Å²) in [6.45, 7) is 0.215. The van der Waals surface area contributed by atoms with Gasteiger partial charge < -0.3 is 24.6 Å². The van der Waals surface area contributed by atoms with Crippen molar-refractivity contribution in [2.45, 2.75) is 88.6 Å². The molecular weight excluding hydrogens is 418 g/mol. The van der Waals surface area contributed by atoms with E-state index in [4.69, 9.17) is 19.3 Å². The maximum Gasteiger partial charge on any atom is 0.188 e. The fourth-order valence-electron chi connectivity index (χ4n) is 6.21. The number of anilines is 1. The summed E-state index contributed by atoms with van der Waals surface area (Å²) in [6, 6.07) is 4.39. The first-order chi connectivity index (χ1) is 16.2. The molecule has 1 aromatic carbocycles. The zero-order chi connectivity index (χ0) is 22.4. The van der Waals surface area contributed by atoms with Crippen LogP contribution in [-0.2, 0) is 28.7 Å². The number of benzene rings is 1. The van der Waals surface area contributed by atoms with Gasteiger partial charge in [-0.2, -0.15) is 0 Å². The summed E-state index contributed by atoms with van der Waals surface area (Å²) in [4.78, 5) is 0. The van der Waals surface area contributed by atoms with E-state index in [1.165, 1.54) is 16.7 Å². The molecule has 2 aromatic rings. The number of aryl methyl sites for hydroxylation is 1. The Morgan fingerprint density at radius 2 is 1.97 bits per heavy atom. The molecule has 3 heterocycles. The van der Waals surface area contributed by atoms with Gasteiger partial charge in [0.2, 0.25) is 0 Å². The second kappa shape index (κ2) is 8.85. The smallest absolute Gasteiger partial charge is 0.188 e. The molecule has 2 N–H and O–H groups in total. The third kappa shape index (κ3) is 3.80. The van der Waals surface area contributed by atoms with Crippen molar-refractivity contribution in [3.63, 3.8) is 0 Å². The minimum absolute atomic E-state index is 0.0164. The second-order valence-electron chi connectivity index (χ2n) is 9.90. The number of rotatable bonds is 6. The highest BCUT2D eigenvalue weighted by atomic mass is 16.7. The number of ether oxygens (including phenoxy) is 3. The molecule has 0 unspecified atom stereocenters. The van der Waals surface area contributed by atoms with Gasteiger partial charge in [0, 0.05) is 24.7 Å². The predicted molar refractivity (Wildman–Crippen MR) is 124 cm³/mol. The topological polar surface area (TPSA) is 85.7 Å². The second-order valence-corrected chi connectivity index (χ2v) is 9.90. The van der Waals surface area contributed by atoms with Crippen LogP contribution < -0.4 is 10.1 Å². The lowest BCUT2D eigenvalue weighted by atomic mass is 9.90. The molecule has 0 spiro atoms. The lowest BCUT2D eigenvalue weighted by Crippen LogP contribution is -2.37. The molecule has 7 nitrogen and oxygen atoms in total. The quantitative estimate of drug-likeness (QED) is 0.640. The molecular formula is C26H33N3O4. The molecule has 1 saturated carbocycles. The molecule has 0 amide bonds. The van der Waals surface area contributed by atoms with Crippen molar-refractivity contribution in [1.29, 1.82) is 0 Å². The van der Waals surface area contributed by atoms with Crippen molar-refractivity contribution in [2.24, 2.45) is 0 Å². The highest BCUT2D eigenvalue weighted by Crippen LogP contribution is 2.48. The van der Waals surface area contributed by atoms with Gasteiger partial charge in [-0.1, -0.05) is 18.9 Å². The van der Waals surface area contributed by atoms with Gasteiger partial charge in [-0.3, -0.25) is 0 Å². The number of aromatic nitrogens is 2. The Morgan fingerprint density at radius 1 is 1.06 bits per heavy atom. The lowest BCUT2D eigenvalue weighted by Gasteiger charge is -2.32. The first kappa shape index (κ1) is 21.3. The van der Waals surface area contributed by atoms with E-state index in [0.29, 0.717) is 0 Å². The number of fused-ring (bicyclic) bond motifs is 5. The van der Waals surface area contributed by atoms with Crippen molar-refractivity contribution in [3.8, 4) is 17.0 Å². The van der Waals surface area contributed by atoms with E-state index in [-0.39, 0.29) is 31.1 Å². The van der Waals surface area contributed by atoms with Gasteiger partial charge in [0.15, 0.2) is 12.6 Å². The van der Waals surface area contributed by atoms with Crippen LogP contribution in [0.3, 0.4) is 0 Å². The maximum atomic E-state index is 10.5. The Morgan fingerprint density at radius 3 is 2.85 bits per heavy atom. The van der Waals surface area contributed by atoms with E-state index in [2.05, 4.69) is 22.5 Å². The molecule has 4 aliphatic rings. The number of aliphatic hydroxyl groups is 1. The van der Waals surface area contributed by atoms with Gasteiger partial charge in [-0.25, -0.2) is 0 Å². The minimum Gasteiger partial charge on any atom is -0.467 e. The highest BCUT2D eigenvalue weighted by molar-refractivity contribution is 5.76. The monoisotopic (exact) mass is 451 g/mol. The largest absolute Gasteiger partial charge is 0.467 e. The zero-order valence-corrected chi connectivity index (χ0v) is 19.3. The van der Waals surface area contributed by atoms with Crippen molar-refractivity contribution in [3.05, 3.63) is 34.4 Å². The Balaban J connectivity index is 1.45. The summed E-state index contributed by atoms with van der Waals surface area (Å²) in [5.41, 5.74) is 6.89. The van der Waals surface area contributed by atoms with Crippen LogP contribution >= 0.6 is 0 Å². The molecule has 2 aliphatic carbocycles. The summed E-state index contributed by atoms with van der Waals surface area (Å²) in [5, 5.41) is 23.6. The number of nitrogens with one attached hydrogen (secondary N) is 1. The van der Waals surface area contributed by atoms with Crippen LogP contribution in [-0.4, -0.2) is 47.5 Å². The number of hydrogen-bond acceptors (Lipinski definition) is 7. The van der Waals surface area contributed by atoms with Crippen LogP contribution in [0.25, 0.3) is 11.3 Å². The minimum atomic E-state index is -0.345. The summed E-state index contributed by atoms with van der Waals surface area (Å²) < 4.78 is 17.7. The molecule has 0 radical (unpaired) electrons. The predicted octanol–water partition coefficient (Wildman–Crippen LogP) is 4.11. The molecule has 6 rings (SSSR count). The summed E-state index contributed by atoms with van der Waals surface area (Å²) in [6.07, 6.45) is 10.1. The van der Waals surface area contributed by atoms with Crippen molar-refractivity contribution >= 4 is 5.82 Å². The van der Waals surface area contributed by atoms with E-state index in [9.17, 15) is 5.11 Å². The van der Waals surface area contributed by atoms with Crippen molar-refractivity contribution in [1.82, 2.24) is 10.2 Å². The van der Waals surface area contributed by atoms with Gasteiger partial charge in [0.25, 0.3) is 0 Å². The van der Waals surface area contributed by atoms with E-state index in [1.807, 2.05) is 0 Å². The number of aliphatic hydroxyl groups excluding tert-OH is 1. The summed E-state index contributed by atoms with van der Waals surface area (Å²) in [5.74, 6) is 1.68. The van der Waals surface area contributed by atoms with Gasteiger partial charge in [-0.15, -0.1) is 10.2 Å². The Kier molecular flexibility index (Phi) is 5.72. The van der Waals surface area contributed by atoms with Crippen LogP contribution in [0.15, 0.2) is 12.1 Å². The average molecular weight is 452 g/mol. The van der Waals surface area contributed by atoms with E-state index < -0.39 is 0 Å². The number of hydrogen-bond donors (Lipinski definition) is 2. The van der Waals surface area contributed by atoms with Gasteiger partial charge >= 0.3 is 0 Å². The molecule has 2 bridgehead atoms. The zero-order valence-electron chi connectivity index (χ0n) is 19.3. The summed E-state index contributed by atoms with van der Waals surface area (Å²) >= 11 is 0. The molecule has 2 fully saturated rings. The van der Waals surface area contributed by atoms with Crippen molar-refractivity contribution in [2.75, 3.05) is 19.2 Å². The highest BCUT2D eigenvalue weighted by Gasteiger charge is 2.39. The van der Waals surface area contributed by atoms with Crippen LogP contribution in [0.1, 0.15) is 73.3 Å². The van der Waals surface area contributed by atoms with Gasteiger partial charge in [0.1, 0.15) is 11.4 Å². The fourth-order valence-corrected chi connectivity index (χ4v) is 6.21. The maximum absolute atomic E-state index is 10.5.